The molecule has 0 unspecified atom stereocenters. The molecule has 2 N–H and O–H groups in total. The summed E-state index contributed by atoms with van der Waals surface area (Å²) >= 11 is 0. The number of rotatable bonds is 7. The Morgan fingerprint density at radius 3 is 2.35 bits per heavy atom. The number of carbonyl (C=O) groups is 3. The number of methoxy groups -OCH3 is 2. The van der Waals surface area contributed by atoms with Crippen molar-refractivity contribution in [3.05, 3.63) is 75.5 Å². The van der Waals surface area contributed by atoms with Gasteiger partial charge in [0.15, 0.2) is 0 Å². The van der Waals surface area contributed by atoms with Gasteiger partial charge >= 0.3 is 11.9 Å². The molecule has 0 aromatic heterocycles. The third-order valence-corrected chi connectivity index (χ3v) is 3.93. The quantitative estimate of drug-likeness (QED) is 0.224. The Kier molecular flexibility index (Phi) is 7.40. The zero-order chi connectivity index (χ0) is 23.0. The molecule has 0 fully saturated rings. The number of nitrogens with one attached hydrogen (secondary N) is 2. The SMILES string of the molecule is COC(=O)c1ccc(C(=O)OC)c(N/C=C(/C#N)C(=O)Nc2ccccc2[N+](=O)[O-])c1. The van der Waals surface area contributed by atoms with Gasteiger partial charge in [0.25, 0.3) is 11.6 Å². The van der Waals surface area contributed by atoms with E-state index in [0.717, 1.165) is 13.3 Å². The Hall–Kier alpha value is -4.72. The number of nitro benzene ring substituents is 1. The fourth-order valence-electron chi connectivity index (χ4n) is 2.42. The number of anilines is 2. The lowest BCUT2D eigenvalue weighted by Crippen LogP contribution is -2.16. The summed E-state index contributed by atoms with van der Waals surface area (Å²) in [6.45, 7) is 0. The summed E-state index contributed by atoms with van der Waals surface area (Å²) in [5.41, 5.74) is -0.684. The monoisotopic (exact) mass is 424 g/mol. The van der Waals surface area contributed by atoms with Gasteiger partial charge in [0.05, 0.1) is 36.0 Å². The van der Waals surface area contributed by atoms with Crippen molar-refractivity contribution in [2.75, 3.05) is 24.9 Å². The molecule has 1 amide bonds. The zero-order valence-corrected chi connectivity index (χ0v) is 16.4. The van der Waals surface area contributed by atoms with Crippen LogP contribution in [0.15, 0.2) is 54.2 Å². The first kappa shape index (κ1) is 22.6. The molecule has 11 nitrogen and oxygen atoms in total. The molecule has 2 rings (SSSR count). The van der Waals surface area contributed by atoms with Crippen LogP contribution in [0.1, 0.15) is 20.7 Å². The number of nitriles is 1. The van der Waals surface area contributed by atoms with Crippen molar-refractivity contribution in [1.82, 2.24) is 0 Å². The maximum absolute atomic E-state index is 12.4. The van der Waals surface area contributed by atoms with Gasteiger partial charge in [-0.15, -0.1) is 0 Å². The van der Waals surface area contributed by atoms with Crippen LogP contribution >= 0.6 is 0 Å². The Balaban J connectivity index is 2.34. The van der Waals surface area contributed by atoms with E-state index in [4.69, 9.17) is 0 Å². The lowest BCUT2D eigenvalue weighted by Gasteiger charge is -2.10. The van der Waals surface area contributed by atoms with Gasteiger partial charge in [0, 0.05) is 12.3 Å². The number of benzene rings is 2. The number of ether oxygens (including phenoxy) is 2. The molecule has 0 saturated heterocycles. The number of hydrogen-bond acceptors (Lipinski definition) is 9. The fraction of sp³-hybridized carbons (Fsp3) is 0.100. The average Bonchev–Trinajstić information content (AvgIpc) is 2.78. The molecular formula is C20H16N4O7. The van der Waals surface area contributed by atoms with Gasteiger partial charge in [0.1, 0.15) is 17.3 Å². The van der Waals surface area contributed by atoms with Crippen molar-refractivity contribution < 1.29 is 28.8 Å². The maximum Gasteiger partial charge on any atom is 0.339 e. The molecule has 0 atom stereocenters. The van der Waals surface area contributed by atoms with Gasteiger partial charge < -0.3 is 20.1 Å². The first-order valence-corrected chi connectivity index (χ1v) is 8.54. The highest BCUT2D eigenvalue weighted by atomic mass is 16.6. The zero-order valence-electron chi connectivity index (χ0n) is 16.4. The van der Waals surface area contributed by atoms with Crippen molar-refractivity contribution in [1.29, 1.82) is 5.26 Å². The minimum Gasteiger partial charge on any atom is -0.465 e. The van der Waals surface area contributed by atoms with Gasteiger partial charge in [-0.1, -0.05) is 12.1 Å². The average molecular weight is 424 g/mol. The Labute approximate surface area is 176 Å². The van der Waals surface area contributed by atoms with E-state index in [2.05, 4.69) is 20.1 Å². The highest BCUT2D eigenvalue weighted by Gasteiger charge is 2.19. The van der Waals surface area contributed by atoms with Crippen LogP contribution in [0, 0.1) is 21.4 Å². The van der Waals surface area contributed by atoms with Crippen molar-refractivity contribution in [3.8, 4) is 6.07 Å². The second-order valence-electron chi connectivity index (χ2n) is 5.79. The second kappa shape index (κ2) is 10.2. The molecule has 0 heterocycles. The van der Waals surface area contributed by atoms with Gasteiger partial charge in [-0.2, -0.15) is 5.26 Å². The first-order chi connectivity index (χ1) is 14.8. The van der Waals surface area contributed by atoms with Crippen LogP contribution in [0.25, 0.3) is 0 Å². The fourth-order valence-corrected chi connectivity index (χ4v) is 2.42. The van der Waals surface area contributed by atoms with Crippen molar-refractivity contribution in [2.45, 2.75) is 0 Å². The lowest BCUT2D eigenvalue weighted by atomic mass is 10.1. The van der Waals surface area contributed by atoms with Crippen LogP contribution in [0.3, 0.4) is 0 Å². The van der Waals surface area contributed by atoms with E-state index < -0.39 is 28.3 Å². The van der Waals surface area contributed by atoms with Crippen molar-refractivity contribution >= 4 is 34.9 Å². The number of esters is 2. The summed E-state index contributed by atoms with van der Waals surface area (Å²) < 4.78 is 9.30. The highest BCUT2D eigenvalue weighted by Crippen LogP contribution is 2.24. The molecule has 0 saturated carbocycles. The topological polar surface area (TPSA) is 161 Å². The number of hydrogen-bond donors (Lipinski definition) is 2. The van der Waals surface area contributed by atoms with Crippen molar-refractivity contribution in [2.24, 2.45) is 0 Å². The van der Waals surface area contributed by atoms with E-state index in [-0.39, 0.29) is 28.2 Å². The summed E-state index contributed by atoms with van der Waals surface area (Å²) in [4.78, 5) is 46.5. The summed E-state index contributed by atoms with van der Waals surface area (Å²) in [6, 6.07) is 11.0. The van der Waals surface area contributed by atoms with E-state index >= 15 is 0 Å². The molecule has 31 heavy (non-hydrogen) atoms. The molecule has 0 spiro atoms. The summed E-state index contributed by atoms with van der Waals surface area (Å²) in [5, 5.41) is 25.3. The number of carbonyl (C=O) groups excluding carboxylic acids is 3. The normalized spacial score (nSPS) is 10.4. The number of amides is 1. The Morgan fingerprint density at radius 2 is 1.74 bits per heavy atom. The van der Waals surface area contributed by atoms with Gasteiger partial charge in [-0.3, -0.25) is 14.9 Å². The molecule has 2 aromatic carbocycles. The third-order valence-electron chi connectivity index (χ3n) is 3.93. The van der Waals surface area contributed by atoms with Crippen LogP contribution in [0.5, 0.6) is 0 Å². The molecule has 0 aliphatic heterocycles. The Morgan fingerprint density at radius 1 is 1.06 bits per heavy atom. The predicted octanol–water partition coefficient (Wildman–Crippen LogP) is 2.63. The minimum atomic E-state index is -0.923. The van der Waals surface area contributed by atoms with Crippen LogP contribution in [0.2, 0.25) is 0 Å². The molecule has 11 heteroatoms. The molecule has 0 aliphatic carbocycles. The summed E-state index contributed by atoms with van der Waals surface area (Å²) in [6.07, 6.45) is 0.993. The second-order valence-corrected chi connectivity index (χ2v) is 5.79. The van der Waals surface area contributed by atoms with Gasteiger partial charge in [0.2, 0.25) is 0 Å². The summed E-state index contributed by atoms with van der Waals surface area (Å²) in [5.74, 6) is -2.32. The number of nitro groups is 1. The smallest absolute Gasteiger partial charge is 0.339 e. The van der Waals surface area contributed by atoms with Gasteiger partial charge in [-0.25, -0.2) is 9.59 Å². The Bertz CT molecular complexity index is 1120. The van der Waals surface area contributed by atoms with E-state index in [1.165, 1.54) is 49.6 Å². The molecular weight excluding hydrogens is 408 g/mol. The molecule has 158 valence electrons. The van der Waals surface area contributed by atoms with E-state index in [1.807, 2.05) is 0 Å². The number of para-hydroxylation sites is 2. The molecule has 0 radical (unpaired) electrons. The van der Waals surface area contributed by atoms with Crippen molar-refractivity contribution in [3.63, 3.8) is 0 Å². The lowest BCUT2D eigenvalue weighted by molar-refractivity contribution is -0.383. The van der Waals surface area contributed by atoms with E-state index in [0.29, 0.717) is 0 Å². The highest BCUT2D eigenvalue weighted by molar-refractivity contribution is 6.08. The van der Waals surface area contributed by atoms with Crippen LogP contribution in [-0.4, -0.2) is 37.0 Å². The third kappa shape index (κ3) is 5.42. The summed E-state index contributed by atoms with van der Waals surface area (Å²) in [7, 11) is 2.35. The molecule has 2 aromatic rings. The van der Waals surface area contributed by atoms with Crippen LogP contribution in [-0.2, 0) is 14.3 Å². The largest absolute Gasteiger partial charge is 0.465 e. The first-order valence-electron chi connectivity index (χ1n) is 8.54. The molecule has 0 aliphatic rings. The van der Waals surface area contributed by atoms with Gasteiger partial charge in [-0.05, 0) is 24.3 Å². The minimum absolute atomic E-state index is 0.0304. The van der Waals surface area contributed by atoms with E-state index in [1.54, 1.807) is 6.07 Å². The van der Waals surface area contributed by atoms with Crippen LogP contribution < -0.4 is 10.6 Å². The van der Waals surface area contributed by atoms with E-state index in [9.17, 15) is 29.8 Å². The standard InChI is InChI=1S/C20H16N4O7/c1-30-19(26)12-7-8-14(20(27)31-2)16(9-12)22-11-13(10-21)18(25)23-15-5-3-4-6-17(15)24(28)29/h3-9,11,22H,1-2H3,(H,23,25)/b13-11-. The maximum atomic E-state index is 12.4. The van der Waals surface area contributed by atoms with Crippen LogP contribution in [0.4, 0.5) is 17.1 Å². The number of nitrogens with zero attached hydrogens (tertiary/aromatic N) is 2. The molecule has 0 bridgehead atoms. The predicted molar refractivity (Wildman–Crippen MR) is 108 cm³/mol.